The summed E-state index contributed by atoms with van der Waals surface area (Å²) in [5.41, 5.74) is 11.9. The largest absolute Gasteiger partial charge is 0.289 e. The SMILES string of the molecule is O=C1C=C2C(=Nc3c(cc(-c4ccc5ccc6cccc7ccc4c5c67)c4ccccc34)C23c2ccccc2-c2ccccc23)c2ccccc21. The van der Waals surface area contributed by atoms with Crippen LogP contribution in [0.4, 0.5) is 5.69 Å². The van der Waals surface area contributed by atoms with E-state index in [0.717, 1.165) is 38.9 Å². The number of aliphatic imine (C=N–C) groups is 1. The van der Waals surface area contributed by atoms with E-state index in [-0.39, 0.29) is 5.78 Å². The van der Waals surface area contributed by atoms with Crippen LogP contribution in [-0.2, 0) is 5.41 Å². The summed E-state index contributed by atoms with van der Waals surface area (Å²) in [4.78, 5) is 19.7. The van der Waals surface area contributed by atoms with Crippen LogP contribution in [-0.4, -0.2) is 11.5 Å². The lowest BCUT2D eigenvalue weighted by molar-refractivity contribution is 0.104. The molecule has 234 valence electrons. The number of ketones is 1. The van der Waals surface area contributed by atoms with E-state index in [1.807, 2.05) is 24.3 Å². The van der Waals surface area contributed by atoms with Gasteiger partial charge in [0.2, 0.25) is 0 Å². The molecule has 9 aromatic carbocycles. The molecule has 0 saturated heterocycles. The maximum atomic E-state index is 14.1. The number of allylic oxidation sites excluding steroid dienone is 2. The minimum Gasteiger partial charge on any atom is -0.289 e. The standard InChI is InChI=1S/C49H27NO/c51-44-27-43-48(38-17-4-2-15-35(38)44)50-47-37-16-3-1-12-31(37)39(26-42(47)49(43)40-18-7-5-13-33(40)34-14-6-8-19-41(34)49)32-24-22-30-21-20-28-10-9-11-29-23-25-36(32)46(30)45(28)29/h1-27H. The Morgan fingerprint density at radius 1 is 0.412 bits per heavy atom. The fourth-order valence-electron chi connectivity index (χ4n) is 9.76. The number of carbonyl (C=O) groups is 1. The molecule has 1 heterocycles. The van der Waals surface area contributed by atoms with Crippen LogP contribution in [0, 0.1) is 0 Å². The van der Waals surface area contributed by atoms with Gasteiger partial charge in [0, 0.05) is 22.1 Å². The van der Waals surface area contributed by atoms with E-state index in [1.54, 1.807) is 0 Å². The summed E-state index contributed by atoms with van der Waals surface area (Å²) in [6, 6.07) is 56.9. The molecule has 0 amide bonds. The Balaban J connectivity index is 1.28. The van der Waals surface area contributed by atoms with Crippen molar-refractivity contribution in [1.29, 1.82) is 0 Å². The number of benzene rings is 9. The topological polar surface area (TPSA) is 29.4 Å². The third kappa shape index (κ3) is 3.28. The second-order valence-electron chi connectivity index (χ2n) is 14.1. The lowest BCUT2D eigenvalue weighted by atomic mass is 9.61. The Morgan fingerprint density at radius 3 is 1.75 bits per heavy atom. The van der Waals surface area contributed by atoms with Crippen molar-refractivity contribution >= 4 is 60.3 Å². The van der Waals surface area contributed by atoms with Gasteiger partial charge in [0.1, 0.15) is 0 Å². The van der Waals surface area contributed by atoms with E-state index < -0.39 is 5.41 Å². The predicted molar refractivity (Wildman–Crippen MR) is 210 cm³/mol. The van der Waals surface area contributed by atoms with Crippen molar-refractivity contribution in [3.63, 3.8) is 0 Å². The third-order valence-electron chi connectivity index (χ3n) is 11.8. The van der Waals surface area contributed by atoms with Gasteiger partial charge in [0.05, 0.1) is 16.8 Å². The Kier molecular flexibility index (Phi) is 5.08. The highest BCUT2D eigenvalue weighted by Crippen LogP contribution is 2.62. The molecule has 0 unspecified atom stereocenters. The molecule has 9 aromatic rings. The van der Waals surface area contributed by atoms with Crippen molar-refractivity contribution in [2.45, 2.75) is 5.41 Å². The van der Waals surface area contributed by atoms with Gasteiger partial charge in [0.15, 0.2) is 5.78 Å². The number of fused-ring (bicyclic) bond motifs is 13. The molecular weight excluding hydrogens is 619 g/mol. The monoisotopic (exact) mass is 645 g/mol. The van der Waals surface area contributed by atoms with Crippen molar-refractivity contribution in [1.82, 2.24) is 0 Å². The Hall–Kier alpha value is -6.64. The molecule has 0 N–H and O–H groups in total. The molecule has 0 atom stereocenters. The summed E-state index contributed by atoms with van der Waals surface area (Å²) in [5.74, 6) is 0.0250. The highest BCUT2D eigenvalue weighted by Gasteiger charge is 2.53. The zero-order valence-electron chi connectivity index (χ0n) is 27.4. The Bertz CT molecular complexity index is 3040. The molecule has 0 bridgehead atoms. The average Bonchev–Trinajstić information content (AvgIpc) is 3.48. The number of hydrogen-bond acceptors (Lipinski definition) is 2. The summed E-state index contributed by atoms with van der Waals surface area (Å²) >= 11 is 0. The summed E-state index contributed by atoms with van der Waals surface area (Å²) < 4.78 is 0. The fraction of sp³-hybridized carbons (Fsp3) is 0.0204. The minimum atomic E-state index is -0.745. The number of carbonyl (C=O) groups excluding carboxylic acids is 1. The number of rotatable bonds is 1. The van der Waals surface area contributed by atoms with Crippen LogP contribution >= 0.6 is 0 Å². The van der Waals surface area contributed by atoms with Crippen molar-refractivity contribution in [2.75, 3.05) is 0 Å². The van der Waals surface area contributed by atoms with Gasteiger partial charge in [-0.2, -0.15) is 0 Å². The van der Waals surface area contributed by atoms with Crippen molar-refractivity contribution in [2.24, 2.45) is 4.99 Å². The lowest BCUT2D eigenvalue weighted by Gasteiger charge is -2.42. The van der Waals surface area contributed by atoms with Crippen LogP contribution in [0.5, 0.6) is 0 Å². The van der Waals surface area contributed by atoms with Crippen molar-refractivity contribution in [3.05, 3.63) is 197 Å². The highest BCUT2D eigenvalue weighted by atomic mass is 16.1. The van der Waals surface area contributed by atoms with E-state index in [9.17, 15) is 4.79 Å². The van der Waals surface area contributed by atoms with Gasteiger partial charge < -0.3 is 0 Å². The smallest absolute Gasteiger partial charge is 0.186 e. The molecule has 3 aliphatic rings. The maximum Gasteiger partial charge on any atom is 0.186 e. The van der Waals surface area contributed by atoms with Crippen LogP contribution in [0.2, 0.25) is 0 Å². The third-order valence-corrected chi connectivity index (χ3v) is 11.8. The van der Waals surface area contributed by atoms with Crippen LogP contribution in [0.15, 0.2) is 174 Å². The molecule has 0 fully saturated rings. The summed E-state index contributed by atoms with van der Waals surface area (Å²) in [5, 5.41) is 9.88. The molecule has 0 saturated carbocycles. The minimum absolute atomic E-state index is 0.0250. The maximum absolute atomic E-state index is 14.1. The van der Waals surface area contributed by atoms with Gasteiger partial charge in [-0.05, 0) is 88.8 Å². The van der Waals surface area contributed by atoms with Crippen LogP contribution in [0.3, 0.4) is 0 Å². The van der Waals surface area contributed by atoms with Crippen LogP contribution in [0.25, 0.3) is 65.3 Å². The zero-order chi connectivity index (χ0) is 33.4. The summed E-state index contributed by atoms with van der Waals surface area (Å²) in [6.45, 7) is 0. The summed E-state index contributed by atoms with van der Waals surface area (Å²) in [6.07, 6.45) is 1.88. The molecule has 1 aliphatic heterocycles. The molecule has 51 heavy (non-hydrogen) atoms. The van der Waals surface area contributed by atoms with E-state index in [0.29, 0.717) is 5.56 Å². The number of nitrogens with zero attached hydrogens (tertiary/aromatic N) is 1. The molecule has 12 rings (SSSR count). The molecule has 2 aliphatic carbocycles. The highest BCUT2D eigenvalue weighted by molar-refractivity contribution is 6.31. The van der Waals surface area contributed by atoms with Crippen molar-refractivity contribution in [3.8, 4) is 22.3 Å². The fourth-order valence-corrected chi connectivity index (χ4v) is 9.76. The van der Waals surface area contributed by atoms with Gasteiger partial charge in [-0.25, -0.2) is 4.99 Å². The predicted octanol–water partition coefficient (Wildman–Crippen LogP) is 12.0. The normalized spacial score (nSPS) is 15.1. The van der Waals surface area contributed by atoms with E-state index in [4.69, 9.17) is 4.99 Å². The molecule has 0 aromatic heterocycles. The van der Waals surface area contributed by atoms with Gasteiger partial charge in [-0.15, -0.1) is 0 Å². The van der Waals surface area contributed by atoms with Gasteiger partial charge in [0.25, 0.3) is 0 Å². The van der Waals surface area contributed by atoms with E-state index in [1.165, 1.54) is 65.7 Å². The first-order valence-corrected chi connectivity index (χ1v) is 17.6. The lowest BCUT2D eigenvalue weighted by Crippen LogP contribution is -2.39. The first-order chi connectivity index (χ1) is 25.2. The van der Waals surface area contributed by atoms with Crippen LogP contribution in [0.1, 0.15) is 32.6 Å². The molecule has 2 nitrogen and oxygen atoms in total. The van der Waals surface area contributed by atoms with Crippen LogP contribution < -0.4 is 0 Å². The van der Waals surface area contributed by atoms with Gasteiger partial charge >= 0.3 is 0 Å². The molecule has 2 heteroatoms. The second kappa shape index (κ2) is 9.53. The molecule has 1 spiro atoms. The quantitative estimate of drug-likeness (QED) is 0.163. The number of hydrogen-bond donors (Lipinski definition) is 0. The average molecular weight is 646 g/mol. The van der Waals surface area contributed by atoms with Gasteiger partial charge in [-0.1, -0.05) is 152 Å². The molecule has 0 radical (unpaired) electrons. The Labute approximate surface area is 294 Å². The first kappa shape index (κ1) is 27.2. The van der Waals surface area contributed by atoms with Crippen molar-refractivity contribution < 1.29 is 4.79 Å². The second-order valence-corrected chi connectivity index (χ2v) is 14.1. The molecular formula is C49H27NO. The van der Waals surface area contributed by atoms with E-state index in [2.05, 4.69) is 140 Å². The summed E-state index contributed by atoms with van der Waals surface area (Å²) in [7, 11) is 0. The van der Waals surface area contributed by atoms with Gasteiger partial charge in [-0.3, -0.25) is 4.79 Å². The van der Waals surface area contributed by atoms with E-state index >= 15 is 0 Å². The Morgan fingerprint density at radius 2 is 1.00 bits per heavy atom. The zero-order valence-corrected chi connectivity index (χ0v) is 27.4. The first-order valence-electron chi connectivity index (χ1n) is 17.6.